The molecule has 1 aliphatic rings. The van der Waals surface area contributed by atoms with Crippen LogP contribution in [0.4, 0.5) is 0 Å². The Bertz CT molecular complexity index is 537. The number of halogens is 1. The molecule has 0 amide bonds. The highest BCUT2D eigenvalue weighted by atomic mass is 35.5. The average molecular weight is 254 g/mol. The molecule has 1 atom stereocenters. The smallest absolute Gasteiger partial charge is 0.0963 e. The number of ether oxygens (including phenoxy) is 1. The zero-order valence-electron chi connectivity index (χ0n) is 8.70. The Morgan fingerprint density at radius 2 is 2.38 bits per heavy atom. The van der Waals surface area contributed by atoms with Crippen LogP contribution in [-0.4, -0.2) is 13.2 Å². The van der Waals surface area contributed by atoms with Gasteiger partial charge in [0.15, 0.2) is 0 Å². The predicted octanol–water partition coefficient (Wildman–Crippen LogP) is 3.13. The van der Waals surface area contributed by atoms with Crippen molar-refractivity contribution >= 4 is 33.0 Å². The van der Waals surface area contributed by atoms with E-state index in [0.29, 0.717) is 6.54 Å². The minimum Gasteiger partial charge on any atom is -0.372 e. The quantitative estimate of drug-likeness (QED) is 0.848. The van der Waals surface area contributed by atoms with Crippen LogP contribution in [0.3, 0.4) is 0 Å². The molecule has 0 saturated heterocycles. The number of hydrogen-bond donors (Lipinski definition) is 1. The first-order valence-corrected chi connectivity index (χ1v) is 6.51. The van der Waals surface area contributed by atoms with E-state index < -0.39 is 0 Å². The van der Waals surface area contributed by atoms with Crippen LogP contribution in [0, 0.1) is 0 Å². The number of rotatable bonds is 1. The van der Waals surface area contributed by atoms with Crippen LogP contribution in [-0.2, 0) is 11.2 Å². The van der Waals surface area contributed by atoms with Gasteiger partial charge in [0.25, 0.3) is 0 Å². The van der Waals surface area contributed by atoms with Gasteiger partial charge in [-0.3, -0.25) is 0 Å². The van der Waals surface area contributed by atoms with Crippen molar-refractivity contribution in [2.45, 2.75) is 12.5 Å². The zero-order chi connectivity index (χ0) is 11.1. The number of thiophene rings is 1. The van der Waals surface area contributed by atoms with E-state index in [1.165, 1.54) is 20.5 Å². The molecule has 0 fully saturated rings. The third-order valence-electron chi connectivity index (χ3n) is 2.95. The van der Waals surface area contributed by atoms with Gasteiger partial charge in [0, 0.05) is 38.5 Å². The van der Waals surface area contributed by atoms with Gasteiger partial charge < -0.3 is 10.5 Å². The Hall–Kier alpha value is -0.610. The first kappa shape index (κ1) is 10.5. The summed E-state index contributed by atoms with van der Waals surface area (Å²) in [7, 11) is 0. The average Bonchev–Trinajstić information content (AvgIpc) is 2.66. The van der Waals surface area contributed by atoms with Gasteiger partial charge in [0.05, 0.1) is 12.7 Å². The number of hydrogen-bond acceptors (Lipinski definition) is 3. The molecule has 1 aromatic heterocycles. The fourth-order valence-electron chi connectivity index (χ4n) is 2.24. The van der Waals surface area contributed by atoms with Crippen molar-refractivity contribution in [3.05, 3.63) is 33.7 Å². The highest BCUT2D eigenvalue weighted by molar-refractivity contribution is 7.19. The molecule has 2 aromatic rings. The Labute approximate surface area is 103 Å². The summed E-state index contributed by atoms with van der Waals surface area (Å²) in [6, 6.07) is 6.03. The second kappa shape index (κ2) is 4.00. The number of nitrogens with two attached hydrogens (primary N) is 1. The monoisotopic (exact) mass is 253 g/mol. The molecule has 0 spiro atoms. The van der Waals surface area contributed by atoms with Crippen molar-refractivity contribution in [2.75, 3.05) is 13.2 Å². The normalized spacial score (nSPS) is 20.0. The van der Waals surface area contributed by atoms with E-state index in [0.717, 1.165) is 18.1 Å². The molecule has 1 aromatic carbocycles. The van der Waals surface area contributed by atoms with Crippen molar-refractivity contribution in [1.29, 1.82) is 0 Å². The van der Waals surface area contributed by atoms with Gasteiger partial charge in [0.1, 0.15) is 0 Å². The highest BCUT2D eigenvalue weighted by Gasteiger charge is 2.24. The lowest BCUT2D eigenvalue weighted by Gasteiger charge is -2.22. The molecule has 2 N–H and O–H groups in total. The maximum absolute atomic E-state index is 6.04. The van der Waals surface area contributed by atoms with Gasteiger partial charge >= 0.3 is 0 Å². The van der Waals surface area contributed by atoms with Crippen LogP contribution in [0.2, 0.25) is 5.02 Å². The lowest BCUT2D eigenvalue weighted by atomic mass is 10.0. The second-order valence-electron chi connectivity index (χ2n) is 3.92. The van der Waals surface area contributed by atoms with Crippen molar-refractivity contribution < 1.29 is 4.74 Å². The number of fused-ring (bicyclic) bond motifs is 3. The maximum Gasteiger partial charge on any atom is 0.0963 e. The van der Waals surface area contributed by atoms with E-state index in [4.69, 9.17) is 22.1 Å². The zero-order valence-corrected chi connectivity index (χ0v) is 10.3. The maximum atomic E-state index is 6.04. The van der Waals surface area contributed by atoms with Crippen molar-refractivity contribution in [2.24, 2.45) is 5.73 Å². The molecule has 16 heavy (non-hydrogen) atoms. The van der Waals surface area contributed by atoms with Gasteiger partial charge in [-0.2, -0.15) is 0 Å². The van der Waals surface area contributed by atoms with Crippen LogP contribution in [0.15, 0.2) is 18.2 Å². The first-order valence-electron chi connectivity index (χ1n) is 5.32. The number of benzene rings is 1. The van der Waals surface area contributed by atoms with E-state index in [1.807, 2.05) is 23.5 Å². The fraction of sp³-hybridized carbons (Fsp3) is 0.333. The Morgan fingerprint density at radius 1 is 1.50 bits per heavy atom. The fourth-order valence-corrected chi connectivity index (χ4v) is 3.63. The van der Waals surface area contributed by atoms with E-state index in [9.17, 15) is 0 Å². The summed E-state index contributed by atoms with van der Waals surface area (Å²) in [6.07, 6.45) is 1.03. The van der Waals surface area contributed by atoms with Crippen LogP contribution in [0.1, 0.15) is 16.5 Å². The van der Waals surface area contributed by atoms with Crippen molar-refractivity contribution in [3.63, 3.8) is 0 Å². The van der Waals surface area contributed by atoms with Gasteiger partial charge in [-0.05, 0) is 18.2 Å². The first-order chi connectivity index (χ1) is 7.79. The molecule has 0 bridgehead atoms. The third-order valence-corrected chi connectivity index (χ3v) is 4.43. The Balaban J connectivity index is 2.27. The third kappa shape index (κ3) is 1.55. The summed E-state index contributed by atoms with van der Waals surface area (Å²) in [4.78, 5) is 1.40. The summed E-state index contributed by atoms with van der Waals surface area (Å²) in [5, 5.41) is 1.98. The molecule has 84 valence electrons. The Kier molecular flexibility index (Phi) is 2.64. The van der Waals surface area contributed by atoms with Crippen molar-refractivity contribution in [1.82, 2.24) is 0 Å². The molecule has 1 unspecified atom stereocenters. The largest absolute Gasteiger partial charge is 0.372 e. The molecule has 0 radical (unpaired) electrons. The van der Waals surface area contributed by atoms with Crippen LogP contribution in [0.25, 0.3) is 10.1 Å². The summed E-state index contributed by atoms with van der Waals surface area (Å²) in [6.45, 7) is 1.31. The minimum atomic E-state index is 0.0379. The molecular formula is C12H12ClNOS. The van der Waals surface area contributed by atoms with E-state index in [1.54, 1.807) is 0 Å². The van der Waals surface area contributed by atoms with E-state index in [2.05, 4.69) is 6.07 Å². The van der Waals surface area contributed by atoms with E-state index >= 15 is 0 Å². The molecule has 3 rings (SSSR count). The summed E-state index contributed by atoms with van der Waals surface area (Å²) >= 11 is 7.87. The standard InChI is InChI=1S/C12H12ClNOS/c13-7-1-2-10-8(5-7)12-9(6-14)15-4-3-11(12)16-10/h1-2,5,9H,3-4,6,14H2. The molecule has 4 heteroatoms. The molecule has 2 nitrogen and oxygen atoms in total. The van der Waals surface area contributed by atoms with Crippen LogP contribution >= 0.6 is 22.9 Å². The molecular weight excluding hydrogens is 242 g/mol. The van der Waals surface area contributed by atoms with Crippen LogP contribution < -0.4 is 5.73 Å². The molecule has 0 aliphatic carbocycles. The van der Waals surface area contributed by atoms with Crippen LogP contribution in [0.5, 0.6) is 0 Å². The van der Waals surface area contributed by atoms with Gasteiger partial charge in [-0.1, -0.05) is 11.6 Å². The summed E-state index contributed by atoms with van der Waals surface area (Å²) in [5.74, 6) is 0. The lowest BCUT2D eigenvalue weighted by Crippen LogP contribution is -2.21. The van der Waals surface area contributed by atoms with Gasteiger partial charge in [0.2, 0.25) is 0 Å². The summed E-state index contributed by atoms with van der Waals surface area (Å²) < 4.78 is 6.97. The molecule has 1 aliphatic heterocycles. The predicted molar refractivity (Wildman–Crippen MR) is 68.3 cm³/mol. The minimum absolute atomic E-state index is 0.0379. The molecule has 2 heterocycles. The molecule has 0 saturated carbocycles. The summed E-state index contributed by atoms with van der Waals surface area (Å²) in [5.41, 5.74) is 7.01. The second-order valence-corrected chi connectivity index (χ2v) is 5.50. The topological polar surface area (TPSA) is 35.2 Å². The van der Waals surface area contributed by atoms with Gasteiger partial charge in [-0.15, -0.1) is 11.3 Å². The lowest BCUT2D eigenvalue weighted by molar-refractivity contribution is 0.0508. The Morgan fingerprint density at radius 3 is 3.19 bits per heavy atom. The van der Waals surface area contributed by atoms with Crippen molar-refractivity contribution in [3.8, 4) is 0 Å². The van der Waals surface area contributed by atoms with E-state index in [-0.39, 0.29) is 6.10 Å². The SMILES string of the molecule is NCC1OCCc2sc3ccc(Cl)cc3c21. The highest BCUT2D eigenvalue weighted by Crippen LogP contribution is 2.40. The van der Waals surface area contributed by atoms with Gasteiger partial charge in [-0.25, -0.2) is 0 Å².